The van der Waals surface area contributed by atoms with E-state index in [0.717, 1.165) is 36.0 Å². The second-order valence-corrected chi connectivity index (χ2v) is 17.2. The lowest BCUT2D eigenvalue weighted by Crippen LogP contribution is -2.24. The van der Waals surface area contributed by atoms with Crippen molar-refractivity contribution in [3.8, 4) is 0 Å². The molecular weight excluding hydrogens is 680 g/mol. The molecule has 252 valence electrons. The highest BCUT2D eigenvalue weighted by atomic mass is 79.9. The molecule has 1 atom stereocenters. The van der Waals surface area contributed by atoms with E-state index >= 15 is 0 Å². The highest BCUT2D eigenvalue weighted by molar-refractivity contribution is 9.10. The third-order valence-corrected chi connectivity index (χ3v) is 15.1. The summed E-state index contributed by atoms with van der Waals surface area (Å²) in [7, 11) is 0. The van der Waals surface area contributed by atoms with Gasteiger partial charge in [0.15, 0.2) is 0 Å². The molecule has 1 nitrogen and oxygen atoms in total. The fourth-order valence-corrected chi connectivity index (χ4v) is 10.5. The van der Waals surface area contributed by atoms with Crippen LogP contribution in [-0.2, 0) is 30.5 Å². The molecule has 4 aliphatic rings. The smallest absolute Gasteiger partial charge is 0.137 e. The number of hydrogen-bond acceptors (Lipinski definition) is 1. The lowest BCUT2D eigenvalue weighted by atomic mass is 9.70. The molecule has 3 heteroatoms. The van der Waals surface area contributed by atoms with E-state index < -0.39 is 0 Å². The van der Waals surface area contributed by atoms with Crippen LogP contribution in [0.15, 0.2) is 8.95 Å². The summed E-state index contributed by atoms with van der Waals surface area (Å²) in [6.07, 6.45) is 21.5. The molecule has 2 saturated carbocycles. The molecule has 2 aromatic rings. The van der Waals surface area contributed by atoms with Gasteiger partial charge in [0, 0.05) is 23.2 Å². The Bertz CT molecular complexity index is 1360. The zero-order valence-electron chi connectivity index (χ0n) is 28.9. The largest absolute Gasteiger partial charge is 0.299 e. The van der Waals surface area contributed by atoms with Crippen LogP contribution in [0.25, 0.3) is 0 Å². The van der Waals surface area contributed by atoms with Crippen LogP contribution in [0, 0.1) is 71.1 Å². The highest BCUT2D eigenvalue weighted by Crippen LogP contribution is 2.43. The maximum Gasteiger partial charge on any atom is 0.137 e. The van der Waals surface area contributed by atoms with Gasteiger partial charge in [0.1, 0.15) is 5.78 Å². The van der Waals surface area contributed by atoms with E-state index in [-0.39, 0.29) is 8.85 Å². The second kappa shape index (κ2) is 16.0. The normalized spacial score (nSPS) is 26.2. The minimum absolute atomic E-state index is 0. The van der Waals surface area contributed by atoms with Gasteiger partial charge in [-0.2, -0.15) is 0 Å². The van der Waals surface area contributed by atoms with Crippen LogP contribution in [0.4, 0.5) is 0 Å². The maximum atomic E-state index is 11.5. The van der Waals surface area contributed by atoms with Crippen molar-refractivity contribution in [2.75, 3.05) is 0 Å². The van der Waals surface area contributed by atoms with E-state index in [2.05, 4.69) is 80.3 Å². The van der Waals surface area contributed by atoms with Gasteiger partial charge in [0.2, 0.25) is 0 Å². The fourth-order valence-electron chi connectivity index (χ4n) is 9.41. The summed E-state index contributed by atoms with van der Waals surface area (Å²) in [5.41, 5.74) is 14.5. The molecule has 45 heavy (non-hydrogen) atoms. The van der Waals surface area contributed by atoms with Crippen LogP contribution in [-0.4, -0.2) is 5.78 Å². The van der Waals surface area contributed by atoms with Gasteiger partial charge in [-0.1, -0.05) is 97.6 Å². The number of carbonyl (C=O) groups is 1. The van der Waals surface area contributed by atoms with Crippen molar-refractivity contribution in [1.82, 2.24) is 0 Å². The Balaban J connectivity index is 0.000000288. The van der Waals surface area contributed by atoms with Crippen molar-refractivity contribution in [3.05, 3.63) is 64.6 Å². The summed E-state index contributed by atoms with van der Waals surface area (Å²) in [6.45, 7) is 15.8. The summed E-state index contributed by atoms with van der Waals surface area (Å²) in [5.74, 6) is 5.45. The second-order valence-electron chi connectivity index (χ2n) is 15.6. The Hall–Kier alpha value is -0.930. The molecule has 0 aliphatic heterocycles. The number of Topliss-reactive ketones (excluding diaryl/α,β-unsaturated/α-hetero) is 1. The molecule has 0 aromatic heterocycles. The quantitative estimate of drug-likeness (QED) is 0.305. The van der Waals surface area contributed by atoms with Gasteiger partial charge in [-0.15, -0.1) is 0 Å². The van der Waals surface area contributed by atoms with Gasteiger partial charge < -0.3 is 0 Å². The van der Waals surface area contributed by atoms with Crippen LogP contribution in [0.2, 0.25) is 0 Å². The van der Waals surface area contributed by atoms with Crippen molar-refractivity contribution < 1.29 is 6.22 Å². The van der Waals surface area contributed by atoms with Crippen molar-refractivity contribution >= 4 is 37.6 Å². The molecule has 0 radical (unpaired) electrons. The van der Waals surface area contributed by atoms with E-state index in [1.165, 1.54) is 125 Å². The van der Waals surface area contributed by atoms with Gasteiger partial charge in [-0.05, 0) is 165 Å². The molecule has 0 bridgehead atoms. The first-order valence-electron chi connectivity index (χ1n) is 18.0. The molecule has 1 unspecified atom stereocenters. The lowest BCUT2D eigenvalue weighted by molar-refractivity contribution is -0.118. The molecule has 2 fully saturated rings. The Morgan fingerprint density at radius 3 is 1.51 bits per heavy atom. The topological polar surface area (TPSA) is 17.1 Å². The SMILES string of the molecule is C.Cc1c(C)c2c(c(C)c1Br)CCC(=O)C2.Cc1c(C)c2c(c(C)c1Br)CCC(CC1CCC(CC3CCC(C)CC3)CC1)C2.[2HH]. The van der Waals surface area contributed by atoms with E-state index in [9.17, 15) is 4.79 Å². The van der Waals surface area contributed by atoms with Crippen LogP contribution in [0.5, 0.6) is 0 Å². The standard InChI is InChI=1S/C28H43Br.C13H15BrO.CH4.H2/c1-18-5-7-22(8-6-18)15-23-9-11-24(12-10-23)16-25-13-14-26-21(4)28(29)20(3)19(2)27(26)17-25;1-7-8(2)13(14)9(3)11-5-4-10(15)6-12(7)11;;/h18,22-25H,5-17H2,1-4H3;4-6H2,1-3H3;1H4;1H/i;;;1+1. The highest BCUT2D eigenvalue weighted by Gasteiger charge is 2.30. The number of hydrogen-bond donors (Lipinski definition) is 0. The number of ketones is 1. The van der Waals surface area contributed by atoms with Gasteiger partial charge in [0.05, 0.1) is 0 Å². The van der Waals surface area contributed by atoms with Crippen molar-refractivity contribution in [2.45, 2.75) is 159 Å². The summed E-state index contributed by atoms with van der Waals surface area (Å²) in [4.78, 5) is 11.5. The van der Waals surface area contributed by atoms with Crippen molar-refractivity contribution in [2.24, 2.45) is 29.6 Å². The third-order valence-electron chi connectivity index (χ3n) is 12.7. The first-order chi connectivity index (χ1) is 20.9. The number of halogens is 2. The Morgan fingerprint density at radius 1 is 0.533 bits per heavy atom. The average molecular weight is 746 g/mol. The zero-order chi connectivity index (χ0) is 31.7. The Morgan fingerprint density at radius 2 is 0.978 bits per heavy atom. The summed E-state index contributed by atoms with van der Waals surface area (Å²) in [5, 5.41) is 0. The monoisotopic (exact) mass is 743 g/mol. The maximum absolute atomic E-state index is 11.5. The molecular formula is C42H64Br2O. The van der Waals surface area contributed by atoms with Gasteiger partial charge in [-0.25, -0.2) is 0 Å². The van der Waals surface area contributed by atoms with Crippen LogP contribution in [0.3, 0.4) is 0 Å². The number of rotatable bonds is 4. The summed E-state index contributed by atoms with van der Waals surface area (Å²) in [6, 6.07) is 0. The predicted octanol–water partition coefficient (Wildman–Crippen LogP) is 13.2. The zero-order valence-corrected chi connectivity index (χ0v) is 32.0. The molecule has 0 N–H and O–H groups in total. The number of carbonyl (C=O) groups excluding carboxylic acids is 1. The third kappa shape index (κ3) is 8.39. The van der Waals surface area contributed by atoms with Crippen LogP contribution < -0.4 is 0 Å². The summed E-state index contributed by atoms with van der Waals surface area (Å²) >= 11 is 7.49. The lowest BCUT2D eigenvalue weighted by Gasteiger charge is -2.36. The molecule has 2 aromatic carbocycles. The van der Waals surface area contributed by atoms with Crippen LogP contribution >= 0.6 is 31.9 Å². The van der Waals surface area contributed by atoms with Crippen molar-refractivity contribution in [3.63, 3.8) is 0 Å². The van der Waals surface area contributed by atoms with E-state index in [0.29, 0.717) is 18.6 Å². The van der Waals surface area contributed by atoms with E-state index in [1.807, 2.05) is 0 Å². The van der Waals surface area contributed by atoms with E-state index in [4.69, 9.17) is 0 Å². The fraction of sp³-hybridized carbons (Fsp3) is 0.690. The number of fused-ring (bicyclic) bond motifs is 2. The number of benzene rings is 2. The average Bonchev–Trinajstić information content (AvgIpc) is 3.03. The molecule has 0 spiro atoms. The van der Waals surface area contributed by atoms with Crippen LogP contribution in [0.1, 0.15) is 148 Å². The summed E-state index contributed by atoms with van der Waals surface area (Å²) < 4.78 is 2.58. The molecule has 6 rings (SSSR count). The molecule has 0 heterocycles. The van der Waals surface area contributed by atoms with E-state index in [1.54, 1.807) is 23.1 Å². The first kappa shape index (κ1) is 36.9. The molecule has 0 amide bonds. The van der Waals surface area contributed by atoms with Crippen molar-refractivity contribution in [1.29, 1.82) is 0 Å². The van der Waals surface area contributed by atoms with Gasteiger partial charge in [0.25, 0.3) is 0 Å². The molecule has 4 aliphatic carbocycles. The minimum atomic E-state index is 0. The van der Waals surface area contributed by atoms with Gasteiger partial charge >= 0.3 is 0 Å². The first-order valence-corrected chi connectivity index (χ1v) is 19.6. The Labute approximate surface area is 295 Å². The minimum Gasteiger partial charge on any atom is -0.299 e. The Kier molecular flexibility index (Phi) is 13.1. The molecule has 0 saturated heterocycles. The van der Waals surface area contributed by atoms with Gasteiger partial charge in [-0.3, -0.25) is 4.79 Å². The predicted molar refractivity (Wildman–Crippen MR) is 204 cm³/mol.